The molecule has 0 atom stereocenters. The Hall–Kier alpha value is -1.92. The average molecular weight is 373 g/mol. The summed E-state index contributed by atoms with van der Waals surface area (Å²) in [6.07, 6.45) is 14.1. The Labute approximate surface area is 157 Å². The Bertz CT molecular complexity index is 391. The minimum atomic E-state index is -0.833. The lowest BCUT2D eigenvalue weighted by Gasteiger charge is -2.11. The first-order valence-electron chi connectivity index (χ1n) is 9.49. The van der Waals surface area contributed by atoms with E-state index in [1.165, 1.54) is 51.4 Å². The summed E-state index contributed by atoms with van der Waals surface area (Å²) in [5, 5.41) is 14.8. The second-order valence-corrected chi connectivity index (χ2v) is 6.23. The Morgan fingerprint density at radius 1 is 0.885 bits per heavy atom. The lowest BCUT2D eigenvalue weighted by atomic mass is 10.1. The van der Waals surface area contributed by atoms with E-state index >= 15 is 0 Å². The molecule has 0 aromatic heterocycles. The van der Waals surface area contributed by atoms with E-state index in [0.29, 0.717) is 6.42 Å². The minimum Gasteiger partial charge on any atom is -0.481 e. The van der Waals surface area contributed by atoms with Crippen LogP contribution in [0.5, 0.6) is 0 Å². The maximum absolute atomic E-state index is 11.7. The van der Waals surface area contributed by atoms with Gasteiger partial charge in [0.2, 0.25) is 5.91 Å². The van der Waals surface area contributed by atoms with E-state index in [-0.39, 0.29) is 5.91 Å². The van der Waals surface area contributed by atoms with Crippen LogP contribution < -0.4 is 0 Å². The highest BCUT2D eigenvalue weighted by Crippen LogP contribution is 2.11. The Morgan fingerprint density at radius 3 is 1.69 bits per heavy atom. The van der Waals surface area contributed by atoms with Crippen molar-refractivity contribution >= 4 is 24.2 Å². The van der Waals surface area contributed by atoms with Gasteiger partial charge in [-0.15, -0.1) is 0 Å². The molecule has 0 unspecified atom stereocenters. The van der Waals surface area contributed by atoms with Crippen molar-refractivity contribution in [1.29, 1.82) is 0 Å². The highest BCUT2D eigenvalue weighted by Gasteiger charge is 2.13. The number of hydrogen-bond acceptors (Lipinski definition) is 4. The van der Waals surface area contributed by atoms with E-state index in [4.69, 9.17) is 19.8 Å². The van der Waals surface area contributed by atoms with Gasteiger partial charge in [0.25, 0.3) is 11.9 Å². The van der Waals surface area contributed by atoms with Gasteiger partial charge in [0, 0.05) is 26.8 Å². The molecule has 152 valence electrons. The summed E-state index contributed by atoms with van der Waals surface area (Å²) in [5.41, 5.74) is 0. The maximum atomic E-state index is 11.7. The third kappa shape index (κ3) is 24.3. The number of hydrogen-bond donors (Lipinski definition) is 2. The number of aliphatic imine (C=N–C) groups is 1. The number of unbranched alkanes of at least 4 members (excludes halogenated alkanes) is 8. The third-order valence-corrected chi connectivity index (χ3v) is 3.51. The Kier molecular flexibility index (Phi) is 19.6. The SMILES string of the molecule is CC(=O)O.CC(=O)O.CCCCCCCCCCCC(=O)N1C=NCC1. The molecule has 1 aliphatic heterocycles. The summed E-state index contributed by atoms with van der Waals surface area (Å²) in [5.74, 6) is -1.42. The van der Waals surface area contributed by atoms with Crippen LogP contribution in [0, 0.1) is 0 Å². The van der Waals surface area contributed by atoms with Crippen LogP contribution >= 0.6 is 0 Å². The largest absolute Gasteiger partial charge is 0.481 e. The van der Waals surface area contributed by atoms with Crippen molar-refractivity contribution in [2.24, 2.45) is 4.99 Å². The number of aliphatic carboxylic acids is 2. The van der Waals surface area contributed by atoms with Gasteiger partial charge in [-0.3, -0.25) is 19.4 Å². The number of carboxylic acid groups (broad SMARTS) is 2. The van der Waals surface area contributed by atoms with Crippen LogP contribution in [0.15, 0.2) is 4.99 Å². The smallest absolute Gasteiger partial charge is 0.300 e. The molecule has 0 saturated carbocycles. The Balaban J connectivity index is 0. The number of carbonyl (C=O) groups excluding carboxylic acids is 1. The molecule has 26 heavy (non-hydrogen) atoms. The first kappa shape index (κ1) is 26.3. The van der Waals surface area contributed by atoms with Gasteiger partial charge in [0.15, 0.2) is 0 Å². The summed E-state index contributed by atoms with van der Waals surface area (Å²) >= 11 is 0. The van der Waals surface area contributed by atoms with Gasteiger partial charge in [-0.25, -0.2) is 0 Å². The molecule has 1 amide bonds. The van der Waals surface area contributed by atoms with E-state index in [9.17, 15) is 4.79 Å². The summed E-state index contributed by atoms with van der Waals surface area (Å²) in [6, 6.07) is 0. The van der Waals surface area contributed by atoms with Crippen molar-refractivity contribution < 1.29 is 24.6 Å². The van der Waals surface area contributed by atoms with Crippen LogP contribution in [0.25, 0.3) is 0 Å². The van der Waals surface area contributed by atoms with Crippen LogP contribution in [0.3, 0.4) is 0 Å². The highest BCUT2D eigenvalue weighted by atomic mass is 16.4. The standard InChI is InChI=1S/C15H28N2O.2C2H4O2/c1-2-3-4-5-6-7-8-9-10-11-15(18)17-13-12-16-14-17;2*1-2(3)4/h14H,2-13H2,1H3;2*1H3,(H,3,4). The van der Waals surface area contributed by atoms with Crippen LogP contribution in [-0.2, 0) is 14.4 Å². The molecule has 0 bridgehead atoms. The van der Waals surface area contributed by atoms with Gasteiger partial charge in [-0.1, -0.05) is 58.3 Å². The number of carboxylic acids is 2. The molecule has 0 saturated heterocycles. The zero-order chi connectivity index (χ0) is 20.2. The van der Waals surface area contributed by atoms with Gasteiger partial charge in [-0.2, -0.15) is 0 Å². The molecule has 0 spiro atoms. The highest BCUT2D eigenvalue weighted by molar-refractivity contribution is 5.88. The summed E-state index contributed by atoms with van der Waals surface area (Å²) in [7, 11) is 0. The van der Waals surface area contributed by atoms with Gasteiger partial charge in [0.05, 0.1) is 12.9 Å². The third-order valence-electron chi connectivity index (χ3n) is 3.51. The minimum absolute atomic E-state index is 0.249. The topological polar surface area (TPSA) is 107 Å². The van der Waals surface area contributed by atoms with Crippen molar-refractivity contribution in [1.82, 2.24) is 4.90 Å². The maximum Gasteiger partial charge on any atom is 0.300 e. The number of amides is 1. The van der Waals surface area contributed by atoms with E-state index in [1.807, 2.05) is 0 Å². The van der Waals surface area contributed by atoms with Gasteiger partial charge in [-0.05, 0) is 6.42 Å². The lowest BCUT2D eigenvalue weighted by Crippen LogP contribution is -2.27. The van der Waals surface area contributed by atoms with Crippen LogP contribution in [0.2, 0.25) is 0 Å². The average Bonchev–Trinajstić information content (AvgIpc) is 3.06. The van der Waals surface area contributed by atoms with E-state index in [2.05, 4.69) is 11.9 Å². The van der Waals surface area contributed by atoms with Crippen molar-refractivity contribution in [2.45, 2.75) is 85.0 Å². The first-order chi connectivity index (χ1) is 12.3. The molecular formula is C19H36N2O5. The molecule has 0 radical (unpaired) electrons. The molecule has 7 heteroatoms. The summed E-state index contributed by atoms with van der Waals surface area (Å²) in [4.78, 5) is 35.5. The van der Waals surface area contributed by atoms with Gasteiger partial charge >= 0.3 is 0 Å². The number of nitrogens with zero attached hydrogens (tertiary/aromatic N) is 2. The molecule has 1 aliphatic rings. The second-order valence-electron chi connectivity index (χ2n) is 6.23. The lowest BCUT2D eigenvalue weighted by molar-refractivity contribution is -0.135. The van der Waals surface area contributed by atoms with E-state index in [1.54, 1.807) is 11.2 Å². The summed E-state index contributed by atoms with van der Waals surface area (Å²) in [6.45, 7) is 5.99. The fourth-order valence-corrected chi connectivity index (χ4v) is 2.30. The zero-order valence-corrected chi connectivity index (χ0v) is 16.6. The molecular weight excluding hydrogens is 336 g/mol. The van der Waals surface area contributed by atoms with Crippen molar-refractivity contribution in [2.75, 3.05) is 13.1 Å². The molecule has 2 N–H and O–H groups in total. The first-order valence-corrected chi connectivity index (χ1v) is 9.49. The molecule has 1 rings (SSSR count). The Morgan fingerprint density at radius 2 is 1.31 bits per heavy atom. The molecule has 0 fully saturated rings. The monoisotopic (exact) mass is 372 g/mol. The second kappa shape index (κ2) is 19.4. The molecule has 1 heterocycles. The van der Waals surface area contributed by atoms with Crippen molar-refractivity contribution in [3.63, 3.8) is 0 Å². The van der Waals surface area contributed by atoms with Gasteiger partial charge in [0.1, 0.15) is 0 Å². The van der Waals surface area contributed by atoms with E-state index < -0.39 is 11.9 Å². The van der Waals surface area contributed by atoms with Crippen molar-refractivity contribution in [3.05, 3.63) is 0 Å². The predicted octanol–water partition coefficient (Wildman–Crippen LogP) is 3.96. The molecule has 7 nitrogen and oxygen atoms in total. The number of rotatable bonds is 10. The van der Waals surface area contributed by atoms with Crippen LogP contribution in [0.4, 0.5) is 0 Å². The fourth-order valence-electron chi connectivity index (χ4n) is 2.30. The molecule has 0 aromatic carbocycles. The van der Waals surface area contributed by atoms with E-state index in [0.717, 1.165) is 33.4 Å². The zero-order valence-electron chi connectivity index (χ0n) is 16.6. The molecule has 0 aliphatic carbocycles. The van der Waals surface area contributed by atoms with Crippen LogP contribution in [-0.4, -0.2) is 52.4 Å². The van der Waals surface area contributed by atoms with Gasteiger partial charge < -0.3 is 15.1 Å². The fraction of sp³-hybridized carbons (Fsp3) is 0.789. The normalized spacial score (nSPS) is 11.9. The van der Waals surface area contributed by atoms with Crippen LogP contribution in [0.1, 0.15) is 85.0 Å². The number of carbonyl (C=O) groups is 3. The predicted molar refractivity (Wildman–Crippen MR) is 104 cm³/mol. The quantitative estimate of drug-likeness (QED) is 0.564. The summed E-state index contributed by atoms with van der Waals surface area (Å²) < 4.78 is 0. The van der Waals surface area contributed by atoms with Crippen molar-refractivity contribution in [3.8, 4) is 0 Å². The molecule has 0 aromatic rings.